The van der Waals surface area contributed by atoms with E-state index in [0.717, 1.165) is 0 Å². The van der Waals surface area contributed by atoms with Crippen molar-refractivity contribution < 1.29 is 23.0 Å². The van der Waals surface area contributed by atoms with Crippen LogP contribution in [-0.2, 0) is 0 Å². The first-order valence-electron chi connectivity index (χ1n) is 9.23. The van der Waals surface area contributed by atoms with Crippen LogP contribution in [0.15, 0.2) is 43.0 Å². The van der Waals surface area contributed by atoms with Gasteiger partial charge in [-0.15, -0.1) is 0 Å². The number of amides is 1. The summed E-state index contributed by atoms with van der Waals surface area (Å²) in [5.41, 5.74) is 1.87. The number of carbonyl (C=O) groups excluding carboxylic acids is 1. The number of halogens is 2. The van der Waals surface area contributed by atoms with E-state index < -0.39 is 12.5 Å². The van der Waals surface area contributed by atoms with Gasteiger partial charge in [-0.3, -0.25) is 9.89 Å². The summed E-state index contributed by atoms with van der Waals surface area (Å²) in [6, 6.07) is 4.65. The van der Waals surface area contributed by atoms with Gasteiger partial charge in [0.25, 0.3) is 5.91 Å². The number of fused-ring (bicyclic) bond motifs is 2. The number of ether oxygens (including phenoxy) is 2. The van der Waals surface area contributed by atoms with Crippen LogP contribution in [0.1, 0.15) is 10.4 Å². The van der Waals surface area contributed by atoms with E-state index in [1.807, 2.05) is 0 Å². The second-order valence-corrected chi connectivity index (χ2v) is 6.55. The SMILES string of the molecule is O=C(Nc1c[nH]nc1-c1cc2c(cc1OC(F)F)NCCO2)c1cnn2cccnc12. The van der Waals surface area contributed by atoms with Gasteiger partial charge in [0.1, 0.15) is 29.4 Å². The third kappa shape index (κ3) is 3.47. The molecule has 31 heavy (non-hydrogen) atoms. The molecule has 3 N–H and O–H groups in total. The number of hydrogen-bond donors (Lipinski definition) is 3. The number of hydrogen-bond acceptors (Lipinski definition) is 7. The zero-order valence-electron chi connectivity index (χ0n) is 15.8. The van der Waals surface area contributed by atoms with E-state index >= 15 is 0 Å². The summed E-state index contributed by atoms with van der Waals surface area (Å²) in [4.78, 5) is 17.0. The van der Waals surface area contributed by atoms with Crippen LogP contribution in [0.25, 0.3) is 16.9 Å². The van der Waals surface area contributed by atoms with Crippen molar-refractivity contribution in [3.8, 4) is 22.8 Å². The Labute approximate surface area is 173 Å². The van der Waals surface area contributed by atoms with Crippen molar-refractivity contribution in [2.75, 3.05) is 23.8 Å². The molecule has 12 heteroatoms. The van der Waals surface area contributed by atoms with Crippen molar-refractivity contribution in [2.24, 2.45) is 0 Å². The predicted molar refractivity (Wildman–Crippen MR) is 106 cm³/mol. The second kappa shape index (κ2) is 7.55. The molecule has 158 valence electrons. The largest absolute Gasteiger partial charge is 0.490 e. The van der Waals surface area contributed by atoms with Gasteiger partial charge in [-0.1, -0.05) is 0 Å². The van der Waals surface area contributed by atoms with E-state index in [1.54, 1.807) is 24.5 Å². The first-order chi connectivity index (χ1) is 15.1. The van der Waals surface area contributed by atoms with E-state index in [2.05, 4.69) is 30.9 Å². The zero-order chi connectivity index (χ0) is 21.4. The minimum atomic E-state index is -3.04. The summed E-state index contributed by atoms with van der Waals surface area (Å²) >= 11 is 0. The average molecular weight is 427 g/mol. The number of aromatic nitrogens is 5. The molecule has 4 heterocycles. The summed E-state index contributed by atoms with van der Waals surface area (Å²) in [7, 11) is 0. The first kappa shape index (κ1) is 18.8. The van der Waals surface area contributed by atoms with Crippen LogP contribution in [0, 0.1) is 0 Å². The molecule has 5 rings (SSSR count). The van der Waals surface area contributed by atoms with Crippen molar-refractivity contribution >= 4 is 22.9 Å². The molecule has 0 fully saturated rings. The summed E-state index contributed by atoms with van der Waals surface area (Å²) in [6.07, 6.45) is 6.04. The van der Waals surface area contributed by atoms with Crippen molar-refractivity contribution in [2.45, 2.75) is 6.61 Å². The van der Waals surface area contributed by atoms with Gasteiger partial charge in [0.2, 0.25) is 0 Å². The van der Waals surface area contributed by atoms with Crippen molar-refractivity contribution in [1.82, 2.24) is 24.8 Å². The van der Waals surface area contributed by atoms with Crippen molar-refractivity contribution in [1.29, 1.82) is 0 Å². The fourth-order valence-corrected chi connectivity index (χ4v) is 3.31. The van der Waals surface area contributed by atoms with Gasteiger partial charge in [0, 0.05) is 31.2 Å². The monoisotopic (exact) mass is 427 g/mol. The van der Waals surface area contributed by atoms with Crippen LogP contribution in [-0.4, -0.2) is 50.5 Å². The topological polar surface area (TPSA) is 118 Å². The number of aromatic amines is 1. The maximum atomic E-state index is 13.0. The lowest BCUT2D eigenvalue weighted by atomic mass is 10.1. The third-order valence-electron chi connectivity index (χ3n) is 4.64. The van der Waals surface area contributed by atoms with Gasteiger partial charge >= 0.3 is 6.61 Å². The van der Waals surface area contributed by atoms with Crippen LogP contribution < -0.4 is 20.1 Å². The van der Waals surface area contributed by atoms with Gasteiger partial charge in [-0.2, -0.15) is 19.0 Å². The number of anilines is 2. The highest BCUT2D eigenvalue weighted by molar-refractivity contribution is 6.09. The van der Waals surface area contributed by atoms with Gasteiger partial charge in [-0.25, -0.2) is 9.50 Å². The van der Waals surface area contributed by atoms with Gasteiger partial charge in [0.15, 0.2) is 5.65 Å². The summed E-state index contributed by atoms with van der Waals surface area (Å²) in [5.74, 6) is -0.120. The lowest BCUT2D eigenvalue weighted by Crippen LogP contribution is -2.18. The molecule has 0 spiro atoms. The van der Waals surface area contributed by atoms with E-state index in [4.69, 9.17) is 9.47 Å². The number of alkyl halides is 2. The molecular weight excluding hydrogens is 412 g/mol. The minimum absolute atomic E-state index is 0.105. The fourth-order valence-electron chi connectivity index (χ4n) is 3.31. The van der Waals surface area contributed by atoms with Crippen LogP contribution in [0.3, 0.4) is 0 Å². The normalized spacial score (nSPS) is 12.9. The summed E-state index contributed by atoms with van der Waals surface area (Å²) in [5, 5.41) is 16.6. The lowest BCUT2D eigenvalue weighted by molar-refractivity contribution is -0.0494. The molecule has 10 nitrogen and oxygen atoms in total. The van der Waals surface area contributed by atoms with Gasteiger partial charge in [0.05, 0.1) is 23.1 Å². The zero-order valence-corrected chi connectivity index (χ0v) is 15.8. The molecule has 4 aromatic rings. The van der Waals surface area contributed by atoms with Crippen LogP contribution >= 0.6 is 0 Å². The third-order valence-corrected chi connectivity index (χ3v) is 4.64. The molecule has 0 atom stereocenters. The Balaban J connectivity index is 1.52. The van der Waals surface area contributed by atoms with Crippen LogP contribution in [0.2, 0.25) is 0 Å². The minimum Gasteiger partial charge on any atom is -0.490 e. The van der Waals surface area contributed by atoms with Crippen LogP contribution in [0.4, 0.5) is 20.2 Å². The highest BCUT2D eigenvalue weighted by Crippen LogP contribution is 2.42. The Kier molecular flexibility index (Phi) is 4.58. The number of H-pyrrole nitrogens is 1. The Morgan fingerprint density at radius 3 is 3.13 bits per heavy atom. The standard InChI is InChI=1S/C19H15F2N7O3/c20-19(21)31-14-7-12-15(30-5-3-22-12)6-10(14)16-13(9-24-27-16)26-18(29)11-8-25-28-4-1-2-23-17(11)28/h1-2,4,6-9,19,22H,3,5H2,(H,24,27)(H,26,29). The van der Waals surface area contributed by atoms with E-state index in [-0.39, 0.29) is 28.3 Å². The highest BCUT2D eigenvalue weighted by Gasteiger charge is 2.23. The molecule has 1 aliphatic rings. The van der Waals surface area contributed by atoms with Crippen molar-refractivity contribution in [3.05, 3.63) is 48.5 Å². The number of rotatable bonds is 5. The molecule has 3 aromatic heterocycles. The van der Waals surface area contributed by atoms with Gasteiger partial charge in [-0.05, 0) is 12.1 Å². The molecule has 0 unspecified atom stereocenters. The second-order valence-electron chi connectivity index (χ2n) is 6.55. The molecule has 0 aliphatic carbocycles. The van der Waals surface area contributed by atoms with Crippen LogP contribution in [0.5, 0.6) is 11.5 Å². The first-order valence-corrected chi connectivity index (χ1v) is 9.23. The molecule has 1 aromatic carbocycles. The average Bonchev–Trinajstić information content (AvgIpc) is 3.40. The molecule has 0 bridgehead atoms. The maximum absolute atomic E-state index is 13.0. The number of nitrogens with one attached hydrogen (secondary N) is 3. The van der Waals surface area contributed by atoms with E-state index in [0.29, 0.717) is 30.2 Å². The molecule has 0 saturated carbocycles. The Hall–Kier alpha value is -4.22. The van der Waals surface area contributed by atoms with E-state index in [9.17, 15) is 13.6 Å². The van der Waals surface area contributed by atoms with E-state index in [1.165, 1.54) is 23.0 Å². The summed E-state index contributed by atoms with van der Waals surface area (Å²) < 4.78 is 37.8. The molecular formula is C19H15F2N7O3. The molecule has 0 radical (unpaired) electrons. The maximum Gasteiger partial charge on any atom is 0.387 e. The molecule has 1 aliphatic heterocycles. The fraction of sp³-hybridized carbons (Fsp3) is 0.158. The highest BCUT2D eigenvalue weighted by atomic mass is 19.3. The molecule has 0 saturated heterocycles. The number of carbonyl (C=O) groups is 1. The number of benzene rings is 1. The Bertz CT molecular complexity index is 1270. The number of nitrogens with zero attached hydrogens (tertiary/aromatic N) is 4. The van der Waals surface area contributed by atoms with Gasteiger partial charge < -0.3 is 20.1 Å². The van der Waals surface area contributed by atoms with Crippen molar-refractivity contribution in [3.63, 3.8) is 0 Å². The summed E-state index contributed by atoms with van der Waals surface area (Å²) in [6.45, 7) is -2.08. The Morgan fingerprint density at radius 2 is 2.26 bits per heavy atom. The predicted octanol–water partition coefficient (Wildman–Crippen LogP) is 2.78. The lowest BCUT2D eigenvalue weighted by Gasteiger charge is -2.21. The molecule has 1 amide bonds. The quantitative estimate of drug-likeness (QED) is 0.448. The Morgan fingerprint density at radius 1 is 1.35 bits per heavy atom. The smallest absolute Gasteiger partial charge is 0.387 e.